The molecule has 17 heavy (non-hydrogen) atoms. The van der Waals surface area contributed by atoms with Crippen LogP contribution in [-0.2, 0) is 4.79 Å². The van der Waals surface area contributed by atoms with E-state index in [1.54, 1.807) is 0 Å². The Hall–Kier alpha value is -1.75. The minimum absolute atomic E-state index is 0.0148. The van der Waals surface area contributed by atoms with E-state index in [0.717, 1.165) is 0 Å². The lowest BCUT2D eigenvalue weighted by Crippen LogP contribution is -2.49. The van der Waals surface area contributed by atoms with Crippen molar-refractivity contribution in [1.82, 2.24) is 10.2 Å². The maximum Gasteiger partial charge on any atom is 0.258 e. The fourth-order valence-corrected chi connectivity index (χ4v) is 1.83. The average molecular weight is 255 g/mol. The Balaban J connectivity index is 2.21. The van der Waals surface area contributed by atoms with Crippen molar-refractivity contribution in [3.05, 3.63) is 28.8 Å². The highest BCUT2D eigenvalue weighted by Crippen LogP contribution is 2.23. The molecule has 0 unspecified atom stereocenters. The quantitative estimate of drug-likeness (QED) is 0.772. The maximum atomic E-state index is 12.0. The van der Waals surface area contributed by atoms with Crippen LogP contribution in [0.1, 0.15) is 10.4 Å². The van der Waals surface area contributed by atoms with Gasteiger partial charge in [0.05, 0.1) is 12.1 Å². The SMILES string of the molecule is O=C1CN(C(=O)c2ccc(Cl)cc2O)CCN1. The van der Waals surface area contributed by atoms with Crippen LogP contribution in [0.3, 0.4) is 0 Å². The number of hydrogen-bond donors (Lipinski definition) is 2. The number of amides is 2. The van der Waals surface area contributed by atoms with Crippen molar-refractivity contribution in [3.63, 3.8) is 0 Å². The van der Waals surface area contributed by atoms with Crippen LogP contribution in [0.15, 0.2) is 18.2 Å². The van der Waals surface area contributed by atoms with Crippen LogP contribution >= 0.6 is 11.6 Å². The first kappa shape index (κ1) is 11.7. The van der Waals surface area contributed by atoms with E-state index in [1.807, 2.05) is 0 Å². The molecule has 0 bridgehead atoms. The zero-order valence-electron chi connectivity index (χ0n) is 8.94. The van der Waals surface area contributed by atoms with E-state index in [4.69, 9.17) is 11.6 Å². The highest BCUT2D eigenvalue weighted by molar-refractivity contribution is 6.30. The maximum absolute atomic E-state index is 12.0. The van der Waals surface area contributed by atoms with Gasteiger partial charge in [-0.05, 0) is 18.2 Å². The molecule has 0 aliphatic carbocycles. The molecule has 2 N–H and O–H groups in total. The van der Waals surface area contributed by atoms with Crippen LogP contribution in [0.2, 0.25) is 5.02 Å². The zero-order valence-corrected chi connectivity index (χ0v) is 9.70. The fourth-order valence-electron chi connectivity index (χ4n) is 1.67. The molecule has 1 heterocycles. The smallest absolute Gasteiger partial charge is 0.258 e. The summed E-state index contributed by atoms with van der Waals surface area (Å²) in [7, 11) is 0. The molecule has 1 aromatic carbocycles. The molecule has 0 saturated carbocycles. The van der Waals surface area contributed by atoms with Gasteiger partial charge in [-0.3, -0.25) is 9.59 Å². The van der Waals surface area contributed by atoms with Gasteiger partial charge in [-0.25, -0.2) is 0 Å². The molecular weight excluding hydrogens is 244 g/mol. The highest BCUT2D eigenvalue weighted by atomic mass is 35.5. The topological polar surface area (TPSA) is 69.6 Å². The van der Waals surface area contributed by atoms with Crippen molar-refractivity contribution < 1.29 is 14.7 Å². The number of carbonyl (C=O) groups is 2. The predicted octanol–water partition coefficient (Wildman–Crippen LogP) is 0.618. The third-order valence-electron chi connectivity index (χ3n) is 2.52. The molecule has 1 aliphatic heterocycles. The van der Waals surface area contributed by atoms with Crippen molar-refractivity contribution in [2.75, 3.05) is 19.6 Å². The van der Waals surface area contributed by atoms with Gasteiger partial charge in [-0.2, -0.15) is 0 Å². The van der Waals surface area contributed by atoms with Gasteiger partial charge in [0, 0.05) is 18.1 Å². The number of halogens is 1. The van der Waals surface area contributed by atoms with E-state index in [2.05, 4.69) is 5.32 Å². The molecule has 90 valence electrons. The molecule has 2 rings (SSSR count). The number of aromatic hydroxyl groups is 1. The Labute approximate surface area is 103 Å². The number of benzene rings is 1. The Morgan fingerprint density at radius 1 is 1.47 bits per heavy atom. The minimum Gasteiger partial charge on any atom is -0.507 e. The number of phenolic OH excluding ortho intramolecular Hbond substituents is 1. The molecule has 1 saturated heterocycles. The number of rotatable bonds is 1. The second-order valence-corrected chi connectivity index (χ2v) is 4.17. The standard InChI is InChI=1S/C11H11ClN2O3/c12-7-1-2-8(9(15)5-7)11(17)14-4-3-13-10(16)6-14/h1-2,5,15H,3-4,6H2,(H,13,16). The summed E-state index contributed by atoms with van der Waals surface area (Å²) in [5, 5.41) is 12.6. The summed E-state index contributed by atoms with van der Waals surface area (Å²) in [5.74, 6) is -0.736. The molecule has 1 fully saturated rings. The first-order valence-corrected chi connectivity index (χ1v) is 5.50. The Morgan fingerprint density at radius 2 is 2.24 bits per heavy atom. The largest absolute Gasteiger partial charge is 0.507 e. The zero-order chi connectivity index (χ0) is 12.4. The fraction of sp³-hybridized carbons (Fsp3) is 0.273. The lowest BCUT2D eigenvalue weighted by molar-refractivity contribution is -0.123. The highest BCUT2D eigenvalue weighted by Gasteiger charge is 2.24. The molecule has 0 aromatic heterocycles. The van der Waals surface area contributed by atoms with Gasteiger partial charge in [0.25, 0.3) is 5.91 Å². The molecule has 1 aromatic rings. The van der Waals surface area contributed by atoms with Gasteiger partial charge in [0.15, 0.2) is 0 Å². The van der Waals surface area contributed by atoms with Crippen molar-refractivity contribution in [3.8, 4) is 5.75 Å². The van der Waals surface area contributed by atoms with E-state index in [1.165, 1.54) is 23.1 Å². The van der Waals surface area contributed by atoms with Crippen molar-refractivity contribution in [1.29, 1.82) is 0 Å². The first-order chi connectivity index (χ1) is 8.08. The van der Waals surface area contributed by atoms with Crippen LogP contribution in [0.4, 0.5) is 0 Å². The lowest BCUT2D eigenvalue weighted by atomic mass is 10.1. The van der Waals surface area contributed by atoms with Crippen LogP contribution in [0.5, 0.6) is 5.75 Å². The summed E-state index contributed by atoms with van der Waals surface area (Å²) in [6.07, 6.45) is 0. The number of nitrogens with zero attached hydrogens (tertiary/aromatic N) is 1. The molecular formula is C11H11ClN2O3. The molecule has 0 spiro atoms. The molecule has 0 atom stereocenters. The second kappa shape index (κ2) is 4.63. The van der Waals surface area contributed by atoms with Gasteiger partial charge in [-0.1, -0.05) is 11.6 Å². The van der Waals surface area contributed by atoms with Crippen LogP contribution < -0.4 is 5.32 Å². The molecule has 2 amide bonds. The molecule has 6 heteroatoms. The van der Waals surface area contributed by atoms with Crippen LogP contribution in [-0.4, -0.2) is 41.5 Å². The van der Waals surface area contributed by atoms with Gasteiger partial charge in [0.2, 0.25) is 5.91 Å². The van der Waals surface area contributed by atoms with E-state index in [-0.39, 0.29) is 29.7 Å². The van der Waals surface area contributed by atoms with Gasteiger partial charge >= 0.3 is 0 Å². The molecule has 5 nitrogen and oxygen atoms in total. The first-order valence-electron chi connectivity index (χ1n) is 5.12. The monoisotopic (exact) mass is 254 g/mol. The number of nitrogens with one attached hydrogen (secondary N) is 1. The average Bonchev–Trinajstić information content (AvgIpc) is 2.28. The summed E-state index contributed by atoms with van der Waals surface area (Å²) in [4.78, 5) is 24.6. The summed E-state index contributed by atoms with van der Waals surface area (Å²) >= 11 is 5.68. The third-order valence-corrected chi connectivity index (χ3v) is 2.75. The summed E-state index contributed by atoms with van der Waals surface area (Å²) in [6.45, 7) is 0.881. The summed E-state index contributed by atoms with van der Waals surface area (Å²) in [6, 6.07) is 4.28. The van der Waals surface area contributed by atoms with Gasteiger partial charge < -0.3 is 15.3 Å². The Kier molecular flexibility index (Phi) is 3.19. The molecule has 0 radical (unpaired) electrons. The van der Waals surface area contributed by atoms with Crippen LogP contribution in [0, 0.1) is 0 Å². The Bertz CT molecular complexity index is 476. The predicted molar refractivity (Wildman–Crippen MR) is 62.0 cm³/mol. The Morgan fingerprint density at radius 3 is 2.88 bits per heavy atom. The number of phenols is 1. The number of carbonyl (C=O) groups excluding carboxylic acids is 2. The molecule has 1 aliphatic rings. The van der Waals surface area contributed by atoms with Crippen molar-refractivity contribution in [2.24, 2.45) is 0 Å². The summed E-state index contributed by atoms with van der Waals surface area (Å²) in [5.41, 5.74) is 0.157. The van der Waals surface area contributed by atoms with Crippen LogP contribution in [0.25, 0.3) is 0 Å². The van der Waals surface area contributed by atoms with E-state index >= 15 is 0 Å². The summed E-state index contributed by atoms with van der Waals surface area (Å²) < 4.78 is 0. The minimum atomic E-state index is -0.367. The van der Waals surface area contributed by atoms with E-state index in [0.29, 0.717) is 18.1 Å². The lowest BCUT2D eigenvalue weighted by Gasteiger charge is -2.26. The van der Waals surface area contributed by atoms with E-state index in [9.17, 15) is 14.7 Å². The third kappa shape index (κ3) is 2.50. The van der Waals surface area contributed by atoms with Crippen molar-refractivity contribution in [2.45, 2.75) is 0 Å². The normalized spacial score (nSPS) is 15.6. The number of piperazine rings is 1. The van der Waals surface area contributed by atoms with Gasteiger partial charge in [0.1, 0.15) is 5.75 Å². The number of hydrogen-bond acceptors (Lipinski definition) is 3. The van der Waals surface area contributed by atoms with E-state index < -0.39 is 0 Å². The van der Waals surface area contributed by atoms with Gasteiger partial charge in [-0.15, -0.1) is 0 Å². The second-order valence-electron chi connectivity index (χ2n) is 3.74. The van der Waals surface area contributed by atoms with Crippen molar-refractivity contribution >= 4 is 23.4 Å².